The van der Waals surface area contributed by atoms with Crippen LogP contribution in [0, 0.1) is 0 Å². The fraction of sp³-hybridized carbons (Fsp3) is 0.267. The third-order valence-electron chi connectivity index (χ3n) is 2.91. The molecule has 0 unspecified atom stereocenters. The minimum atomic E-state index is -0.492. The number of ether oxygens (including phenoxy) is 1. The van der Waals surface area contributed by atoms with Crippen LogP contribution in [0.4, 0.5) is 5.82 Å². The number of aryl methyl sites for hydroxylation is 1. The number of anilines is 1. The predicted octanol–water partition coefficient (Wildman–Crippen LogP) is 0.311. The summed E-state index contributed by atoms with van der Waals surface area (Å²) in [5, 5.41) is 10.4. The quantitative estimate of drug-likeness (QED) is 0.442. The van der Waals surface area contributed by atoms with E-state index in [-0.39, 0.29) is 23.0 Å². The van der Waals surface area contributed by atoms with Gasteiger partial charge in [0.15, 0.2) is 0 Å². The number of aromatic nitrogens is 3. The van der Waals surface area contributed by atoms with E-state index >= 15 is 0 Å². The Labute approximate surface area is 144 Å². The monoisotopic (exact) mass is 345 g/mol. The topological polar surface area (TPSA) is 114 Å². The van der Waals surface area contributed by atoms with Crippen molar-refractivity contribution >= 4 is 24.0 Å². The second-order valence-electron chi connectivity index (χ2n) is 5.24. The minimum absolute atomic E-state index is 0.117. The number of carbonyl (C=O) groups excluding carboxylic acids is 2. The highest BCUT2D eigenvalue weighted by Gasteiger charge is 2.17. The van der Waals surface area contributed by atoms with Crippen molar-refractivity contribution in [3.63, 3.8) is 0 Å². The van der Waals surface area contributed by atoms with Gasteiger partial charge < -0.3 is 15.0 Å². The summed E-state index contributed by atoms with van der Waals surface area (Å²) in [5.41, 5.74) is 2.72. The van der Waals surface area contributed by atoms with Gasteiger partial charge in [-0.3, -0.25) is 14.3 Å². The number of hydrogen-bond acceptors (Lipinski definition) is 6. The van der Waals surface area contributed by atoms with Crippen LogP contribution in [0.1, 0.15) is 20.8 Å². The van der Waals surface area contributed by atoms with E-state index < -0.39 is 11.8 Å². The molecule has 0 aromatic carbocycles. The molecule has 2 amide bonds. The van der Waals surface area contributed by atoms with Crippen molar-refractivity contribution in [1.82, 2.24) is 25.1 Å². The highest BCUT2D eigenvalue weighted by atomic mass is 16.5. The van der Waals surface area contributed by atoms with Crippen molar-refractivity contribution in [3.8, 4) is 5.88 Å². The Balaban J connectivity index is 2.10. The number of rotatable bonds is 6. The molecule has 0 aliphatic carbocycles. The van der Waals surface area contributed by atoms with Crippen molar-refractivity contribution in [1.29, 1.82) is 0 Å². The van der Waals surface area contributed by atoms with Gasteiger partial charge >= 0.3 is 0 Å². The molecular formula is C15H19N7O3. The van der Waals surface area contributed by atoms with Crippen LogP contribution in [-0.4, -0.2) is 59.0 Å². The SMILES string of the molecule is COc1nn(C)cc1C(=O)Nc1cccc(C(=O)N/N=C/N(C)C)n1. The highest BCUT2D eigenvalue weighted by molar-refractivity contribution is 6.05. The predicted molar refractivity (Wildman–Crippen MR) is 91.6 cm³/mol. The van der Waals surface area contributed by atoms with Crippen molar-refractivity contribution in [2.24, 2.45) is 12.1 Å². The summed E-state index contributed by atoms with van der Waals surface area (Å²) in [6, 6.07) is 4.69. The van der Waals surface area contributed by atoms with Crippen LogP contribution >= 0.6 is 0 Å². The number of carbonyl (C=O) groups is 2. The standard InChI is InChI=1S/C15H19N7O3/c1-21(2)9-16-19-14(24)11-6-5-7-12(17-11)18-13(23)10-8-22(3)20-15(10)25-4/h5-9H,1-4H3,(H,19,24)(H,17,18,23)/b16-9+. The Hall–Kier alpha value is -3.43. The fourth-order valence-electron chi connectivity index (χ4n) is 1.85. The zero-order chi connectivity index (χ0) is 18.4. The van der Waals surface area contributed by atoms with Crippen molar-refractivity contribution in [2.45, 2.75) is 0 Å². The van der Waals surface area contributed by atoms with E-state index in [2.05, 4.69) is 25.9 Å². The van der Waals surface area contributed by atoms with Gasteiger partial charge in [-0.2, -0.15) is 5.10 Å². The number of methoxy groups -OCH3 is 1. The molecule has 0 aliphatic heterocycles. The fourth-order valence-corrected chi connectivity index (χ4v) is 1.85. The smallest absolute Gasteiger partial charge is 0.290 e. The van der Waals surface area contributed by atoms with E-state index in [0.29, 0.717) is 0 Å². The van der Waals surface area contributed by atoms with Gasteiger partial charge in [-0.05, 0) is 12.1 Å². The Morgan fingerprint density at radius 3 is 2.76 bits per heavy atom. The number of nitrogens with zero attached hydrogens (tertiary/aromatic N) is 5. The first-order valence-corrected chi connectivity index (χ1v) is 7.26. The van der Waals surface area contributed by atoms with Crippen LogP contribution in [0.3, 0.4) is 0 Å². The molecule has 25 heavy (non-hydrogen) atoms. The van der Waals surface area contributed by atoms with Crippen LogP contribution < -0.4 is 15.5 Å². The summed E-state index contributed by atoms with van der Waals surface area (Å²) in [4.78, 5) is 30.1. The molecule has 0 atom stereocenters. The third kappa shape index (κ3) is 4.77. The molecule has 10 heteroatoms. The molecule has 2 N–H and O–H groups in total. The number of amides is 2. The molecule has 0 saturated carbocycles. The molecule has 0 bridgehead atoms. The van der Waals surface area contributed by atoms with Gasteiger partial charge in [0.05, 0.1) is 7.11 Å². The Morgan fingerprint density at radius 1 is 1.32 bits per heavy atom. The Kier molecular flexibility index (Phi) is 5.66. The summed E-state index contributed by atoms with van der Waals surface area (Å²) in [6.07, 6.45) is 2.97. The minimum Gasteiger partial charge on any atom is -0.479 e. The van der Waals surface area contributed by atoms with Gasteiger partial charge in [-0.15, -0.1) is 5.10 Å². The van der Waals surface area contributed by atoms with Gasteiger partial charge in [0.1, 0.15) is 23.4 Å². The lowest BCUT2D eigenvalue weighted by molar-refractivity contribution is 0.0948. The normalized spacial score (nSPS) is 10.6. The summed E-state index contributed by atoms with van der Waals surface area (Å²) in [7, 11) is 6.65. The van der Waals surface area contributed by atoms with Crippen LogP contribution in [0.2, 0.25) is 0 Å². The van der Waals surface area contributed by atoms with E-state index in [4.69, 9.17) is 4.74 Å². The molecule has 2 aromatic rings. The zero-order valence-electron chi connectivity index (χ0n) is 14.3. The van der Waals surface area contributed by atoms with Crippen molar-refractivity contribution < 1.29 is 14.3 Å². The number of nitrogens with one attached hydrogen (secondary N) is 2. The first-order chi connectivity index (χ1) is 11.9. The molecule has 132 valence electrons. The van der Waals surface area contributed by atoms with Crippen LogP contribution in [0.15, 0.2) is 29.5 Å². The van der Waals surface area contributed by atoms with Gasteiger partial charge in [0.2, 0.25) is 5.88 Å². The lowest BCUT2D eigenvalue weighted by atomic mass is 10.3. The highest BCUT2D eigenvalue weighted by Crippen LogP contribution is 2.16. The molecule has 0 spiro atoms. The molecule has 2 aromatic heterocycles. The van der Waals surface area contributed by atoms with E-state index in [1.165, 1.54) is 30.4 Å². The van der Waals surface area contributed by atoms with Gasteiger partial charge in [0.25, 0.3) is 11.8 Å². The van der Waals surface area contributed by atoms with Crippen LogP contribution in [0.25, 0.3) is 0 Å². The molecule has 0 saturated heterocycles. The van der Waals surface area contributed by atoms with Gasteiger partial charge in [-0.1, -0.05) is 6.07 Å². The van der Waals surface area contributed by atoms with Crippen molar-refractivity contribution in [2.75, 3.05) is 26.5 Å². The largest absolute Gasteiger partial charge is 0.479 e. The van der Waals surface area contributed by atoms with E-state index in [1.807, 2.05) is 0 Å². The molecular weight excluding hydrogens is 326 g/mol. The number of hydrazone groups is 1. The van der Waals surface area contributed by atoms with Crippen LogP contribution in [0.5, 0.6) is 5.88 Å². The molecule has 0 fully saturated rings. The maximum Gasteiger partial charge on any atom is 0.290 e. The molecule has 0 radical (unpaired) electrons. The van der Waals surface area contributed by atoms with Gasteiger partial charge in [0, 0.05) is 27.3 Å². The Bertz CT molecular complexity index is 798. The van der Waals surface area contributed by atoms with E-state index in [1.54, 1.807) is 38.2 Å². The lowest BCUT2D eigenvalue weighted by Crippen LogP contribution is -2.22. The summed E-state index contributed by atoms with van der Waals surface area (Å²) in [6.45, 7) is 0. The molecule has 2 rings (SSSR count). The summed E-state index contributed by atoms with van der Waals surface area (Å²) >= 11 is 0. The van der Waals surface area contributed by atoms with E-state index in [0.717, 1.165) is 0 Å². The molecule has 0 aliphatic rings. The lowest BCUT2D eigenvalue weighted by Gasteiger charge is -2.06. The third-order valence-corrected chi connectivity index (χ3v) is 2.91. The Morgan fingerprint density at radius 2 is 2.08 bits per heavy atom. The second-order valence-corrected chi connectivity index (χ2v) is 5.24. The number of pyridine rings is 1. The zero-order valence-corrected chi connectivity index (χ0v) is 14.3. The van der Waals surface area contributed by atoms with Gasteiger partial charge in [-0.25, -0.2) is 10.4 Å². The first kappa shape index (κ1) is 17.9. The average molecular weight is 345 g/mol. The first-order valence-electron chi connectivity index (χ1n) is 7.26. The van der Waals surface area contributed by atoms with Crippen LogP contribution in [-0.2, 0) is 7.05 Å². The molecule has 10 nitrogen and oxygen atoms in total. The molecule has 2 heterocycles. The van der Waals surface area contributed by atoms with Crippen molar-refractivity contribution in [3.05, 3.63) is 35.7 Å². The second kappa shape index (κ2) is 7.90. The number of hydrogen-bond donors (Lipinski definition) is 2. The maximum atomic E-state index is 12.3. The summed E-state index contributed by atoms with van der Waals surface area (Å²) < 4.78 is 6.52. The average Bonchev–Trinajstić information content (AvgIpc) is 2.96. The van der Waals surface area contributed by atoms with E-state index in [9.17, 15) is 9.59 Å². The maximum absolute atomic E-state index is 12.3. The summed E-state index contributed by atoms with van der Waals surface area (Å²) in [5.74, 6) is -0.513.